The average molecular weight is 588 g/mol. The van der Waals surface area contributed by atoms with Crippen LogP contribution in [0.2, 0.25) is 0 Å². The van der Waals surface area contributed by atoms with Crippen molar-refractivity contribution in [1.82, 2.24) is 14.5 Å². The van der Waals surface area contributed by atoms with Gasteiger partial charge in [0.2, 0.25) is 21.8 Å². The van der Waals surface area contributed by atoms with Crippen LogP contribution in [-0.4, -0.2) is 89.5 Å². The zero-order valence-electron chi connectivity index (χ0n) is 23.6. The smallest absolute Gasteiger partial charge is 0.358 e. The fourth-order valence-corrected chi connectivity index (χ4v) is 7.32. The Labute approximate surface area is 239 Å². The summed E-state index contributed by atoms with van der Waals surface area (Å²) in [6, 6.07) is 8.59. The molecule has 2 fully saturated rings. The third-order valence-corrected chi connectivity index (χ3v) is 9.89. The number of carbonyl (C=O) groups excluding carboxylic acids is 2. The summed E-state index contributed by atoms with van der Waals surface area (Å²) < 4.78 is 51.0. The molecular weight excluding hydrogens is 551 g/mol. The number of sulfonamides is 1. The first-order valence-electron chi connectivity index (χ1n) is 13.8. The van der Waals surface area contributed by atoms with Crippen molar-refractivity contribution in [2.45, 2.75) is 69.2 Å². The molecule has 3 unspecified atom stereocenters. The topological polar surface area (TPSA) is 119 Å². The largest absolute Gasteiger partial charge is 0.495 e. The number of nitrogens with one attached hydrogen (secondary N) is 1. The molecule has 2 aromatic rings. The summed E-state index contributed by atoms with van der Waals surface area (Å²) >= 11 is 0. The fourth-order valence-electron chi connectivity index (χ4n) is 5.56. The molecule has 0 spiro atoms. The molecule has 10 nitrogen and oxygen atoms in total. The number of fused-ring (bicyclic) bond motifs is 1. The van der Waals surface area contributed by atoms with Crippen LogP contribution < -0.4 is 10.1 Å². The molecule has 12 heteroatoms. The lowest BCUT2D eigenvalue weighted by atomic mass is 9.97. The first-order chi connectivity index (χ1) is 19.4. The van der Waals surface area contributed by atoms with Gasteiger partial charge in [0.05, 0.1) is 7.11 Å². The Morgan fingerprint density at radius 3 is 2.49 bits per heavy atom. The molecule has 0 bridgehead atoms. The van der Waals surface area contributed by atoms with Crippen LogP contribution in [0.25, 0.3) is 0 Å². The van der Waals surface area contributed by atoms with Gasteiger partial charge in [0, 0.05) is 18.9 Å². The van der Waals surface area contributed by atoms with Crippen molar-refractivity contribution in [2.75, 3.05) is 20.2 Å². The van der Waals surface area contributed by atoms with Gasteiger partial charge >= 0.3 is 5.90 Å². The van der Waals surface area contributed by atoms with Crippen molar-refractivity contribution in [3.63, 3.8) is 0 Å². The summed E-state index contributed by atoms with van der Waals surface area (Å²) in [4.78, 5) is 27.8. The van der Waals surface area contributed by atoms with Crippen molar-refractivity contribution in [3.05, 3.63) is 59.4 Å². The Balaban J connectivity index is 1.63. The number of rotatable bonds is 8. The number of carbonyl (C=O) groups is 2. The number of aliphatic hydroxyl groups excluding tert-OH is 1. The van der Waals surface area contributed by atoms with Crippen LogP contribution >= 0.6 is 0 Å². The maximum atomic E-state index is 14.4. The minimum atomic E-state index is -4.46. The fraction of sp³-hybridized carbons (Fsp3) is 0.483. The molecule has 2 aromatic carbocycles. The van der Waals surface area contributed by atoms with Crippen molar-refractivity contribution in [1.29, 1.82) is 0 Å². The highest BCUT2D eigenvalue weighted by Crippen LogP contribution is 2.35. The van der Waals surface area contributed by atoms with Gasteiger partial charge in [-0.05, 0) is 57.4 Å². The second kappa shape index (κ2) is 11.1. The summed E-state index contributed by atoms with van der Waals surface area (Å²) in [7, 11) is -3.16. The first-order valence-corrected chi connectivity index (χ1v) is 15.2. The SMILES string of the molecule is COc1ccc(F)cc1S(=O)(=O)N1CC(NC(=O)C2CC2)C(=O)N2C(Cc3ccc(C)cc3)C(O)=[N+](C(C)C)CC21. The number of methoxy groups -OCH3 is 1. The van der Waals surface area contributed by atoms with Crippen LogP contribution in [0.4, 0.5) is 4.39 Å². The maximum absolute atomic E-state index is 14.4. The number of ether oxygens (including phenoxy) is 1. The molecule has 1 saturated heterocycles. The standard InChI is InChI=1S/C29H35FN4O6S/c1-17(2)32-16-26-33(41(38,39)25-14-21(30)11-12-24(25)40-4)15-22(31-27(35)20-9-10-20)28(36)34(26)23(29(32)37)13-19-7-5-18(3)6-8-19/h5-8,11-12,14,17,20,22-23,26H,9-10,13,15-16H2,1-4H3,(H,31,35)/p+1. The van der Waals surface area contributed by atoms with Crippen molar-refractivity contribution in [3.8, 4) is 5.75 Å². The summed E-state index contributed by atoms with van der Waals surface area (Å²) in [5.41, 5.74) is 1.89. The van der Waals surface area contributed by atoms with Gasteiger partial charge in [-0.1, -0.05) is 29.8 Å². The van der Waals surface area contributed by atoms with Crippen molar-refractivity contribution >= 4 is 27.7 Å². The highest BCUT2D eigenvalue weighted by atomic mass is 32.2. The lowest BCUT2D eigenvalue weighted by Gasteiger charge is -2.48. The summed E-state index contributed by atoms with van der Waals surface area (Å²) in [5, 5.41) is 14.2. The number of benzene rings is 2. The van der Waals surface area contributed by atoms with Gasteiger partial charge in [-0.2, -0.15) is 8.88 Å². The highest BCUT2D eigenvalue weighted by Gasteiger charge is 2.56. The number of hydrogen-bond donors (Lipinski definition) is 2. The van der Waals surface area contributed by atoms with Gasteiger partial charge in [-0.25, -0.2) is 12.8 Å². The quantitative estimate of drug-likeness (QED) is 0.457. The normalized spacial score (nSPS) is 23.5. The van der Waals surface area contributed by atoms with Crippen LogP contribution in [0, 0.1) is 18.7 Å². The number of aliphatic hydroxyl groups is 1. The third kappa shape index (κ3) is 5.54. The number of amides is 2. The van der Waals surface area contributed by atoms with E-state index < -0.39 is 40.0 Å². The van der Waals surface area contributed by atoms with Crippen molar-refractivity contribution < 1.29 is 36.8 Å². The molecule has 3 atom stereocenters. The van der Waals surface area contributed by atoms with Crippen LogP contribution in [0.1, 0.15) is 37.8 Å². The lowest BCUT2D eigenvalue weighted by Crippen LogP contribution is -2.74. The van der Waals surface area contributed by atoms with Crippen LogP contribution in [-0.2, 0) is 26.0 Å². The molecule has 2 aliphatic heterocycles. The molecule has 220 valence electrons. The van der Waals surface area contributed by atoms with Gasteiger partial charge in [0.15, 0.2) is 24.8 Å². The Morgan fingerprint density at radius 1 is 1.20 bits per heavy atom. The molecule has 2 heterocycles. The van der Waals surface area contributed by atoms with Gasteiger partial charge in [0.25, 0.3) is 0 Å². The lowest BCUT2D eigenvalue weighted by molar-refractivity contribution is -0.581. The van der Waals surface area contributed by atoms with Gasteiger partial charge in [-0.3, -0.25) is 9.59 Å². The van der Waals surface area contributed by atoms with Gasteiger partial charge in [-0.15, -0.1) is 0 Å². The van der Waals surface area contributed by atoms with E-state index in [-0.39, 0.29) is 53.9 Å². The summed E-state index contributed by atoms with van der Waals surface area (Å²) in [6.45, 7) is 5.33. The Kier molecular flexibility index (Phi) is 7.82. The summed E-state index contributed by atoms with van der Waals surface area (Å²) in [6.07, 6.45) is 0.590. The zero-order valence-corrected chi connectivity index (χ0v) is 24.4. The van der Waals surface area contributed by atoms with E-state index in [1.807, 2.05) is 45.0 Å². The van der Waals surface area contributed by atoms with E-state index in [4.69, 9.17) is 4.74 Å². The molecule has 3 aliphatic rings. The number of halogens is 1. The average Bonchev–Trinajstić information content (AvgIpc) is 3.78. The minimum absolute atomic E-state index is 0.0141. The van der Waals surface area contributed by atoms with E-state index in [0.717, 1.165) is 27.6 Å². The Morgan fingerprint density at radius 2 is 1.88 bits per heavy atom. The second-order valence-corrected chi connectivity index (χ2v) is 13.1. The molecular formula is C29H36FN4O6S+. The first kappa shape index (κ1) is 29.0. The van der Waals surface area contributed by atoms with Gasteiger partial charge < -0.3 is 20.1 Å². The summed E-state index contributed by atoms with van der Waals surface area (Å²) in [5.74, 6) is -1.87. The van der Waals surface area contributed by atoms with Gasteiger partial charge in [0.1, 0.15) is 22.5 Å². The predicted molar refractivity (Wildman–Crippen MR) is 149 cm³/mol. The number of aryl methyl sites for hydroxylation is 1. The van der Waals surface area contributed by atoms with Crippen LogP contribution in [0.15, 0.2) is 47.4 Å². The molecule has 1 saturated carbocycles. The van der Waals surface area contributed by atoms with E-state index in [0.29, 0.717) is 12.8 Å². The number of hydrogen-bond acceptors (Lipinski definition) is 5. The van der Waals surface area contributed by atoms with Crippen molar-refractivity contribution in [2.24, 2.45) is 5.92 Å². The predicted octanol–water partition coefficient (Wildman–Crippen LogP) is 2.20. The molecule has 5 rings (SSSR count). The van der Waals surface area contributed by atoms with E-state index >= 15 is 0 Å². The monoisotopic (exact) mass is 587 g/mol. The molecule has 2 N–H and O–H groups in total. The second-order valence-electron chi connectivity index (χ2n) is 11.2. The molecule has 0 aromatic heterocycles. The highest BCUT2D eigenvalue weighted by molar-refractivity contribution is 7.89. The van der Waals surface area contributed by atoms with Crippen LogP contribution in [0.5, 0.6) is 5.75 Å². The molecule has 41 heavy (non-hydrogen) atoms. The molecule has 0 radical (unpaired) electrons. The van der Waals surface area contributed by atoms with E-state index in [1.165, 1.54) is 18.1 Å². The van der Waals surface area contributed by atoms with E-state index in [2.05, 4.69) is 5.32 Å². The molecule has 1 aliphatic carbocycles. The minimum Gasteiger partial charge on any atom is -0.495 e. The maximum Gasteiger partial charge on any atom is 0.358 e. The van der Waals surface area contributed by atoms with Crippen LogP contribution in [0.3, 0.4) is 0 Å². The Hall–Kier alpha value is -3.51. The van der Waals surface area contributed by atoms with E-state index in [9.17, 15) is 27.5 Å². The Bertz CT molecular complexity index is 1490. The zero-order chi connectivity index (χ0) is 29.6. The van der Waals surface area contributed by atoms with E-state index in [1.54, 1.807) is 4.58 Å². The third-order valence-electron chi connectivity index (χ3n) is 8.01. The molecule has 2 amide bonds. The number of nitrogens with zero attached hydrogens (tertiary/aromatic N) is 3.